The normalized spacial score (nSPS) is 19.9. The molecule has 2 aromatic carbocycles. The van der Waals surface area contributed by atoms with Crippen LogP contribution in [-0.4, -0.2) is 43.1 Å². The molecule has 0 aliphatic heterocycles. The van der Waals surface area contributed by atoms with E-state index in [1.54, 1.807) is 24.3 Å². The summed E-state index contributed by atoms with van der Waals surface area (Å²) in [4.78, 5) is 36.7. The van der Waals surface area contributed by atoms with Crippen LogP contribution in [0.2, 0.25) is 0 Å². The van der Waals surface area contributed by atoms with Gasteiger partial charge in [0.1, 0.15) is 0 Å². The van der Waals surface area contributed by atoms with Crippen molar-refractivity contribution in [1.29, 1.82) is 0 Å². The van der Waals surface area contributed by atoms with Gasteiger partial charge in [-0.3, -0.25) is 14.9 Å². The molecule has 1 fully saturated rings. The molecule has 0 radical (unpaired) electrons. The number of amides is 3. The third-order valence-corrected chi connectivity index (χ3v) is 5.68. The van der Waals surface area contributed by atoms with Crippen LogP contribution in [0.5, 0.6) is 0 Å². The van der Waals surface area contributed by atoms with Crippen molar-refractivity contribution in [2.75, 3.05) is 18.5 Å². The van der Waals surface area contributed by atoms with Gasteiger partial charge < -0.3 is 21.1 Å². The van der Waals surface area contributed by atoms with Gasteiger partial charge in [0.25, 0.3) is 5.91 Å². The van der Waals surface area contributed by atoms with Gasteiger partial charge in [-0.15, -0.1) is 0 Å². The van der Waals surface area contributed by atoms with E-state index in [2.05, 4.69) is 16.0 Å². The van der Waals surface area contributed by atoms with Gasteiger partial charge in [-0.2, -0.15) is 13.2 Å². The number of nitrogens with one attached hydrogen (secondary N) is 3. The summed E-state index contributed by atoms with van der Waals surface area (Å²) in [6, 6.07) is 12.3. The highest BCUT2D eigenvalue weighted by Gasteiger charge is 2.32. The molecule has 0 saturated heterocycles. The van der Waals surface area contributed by atoms with E-state index in [9.17, 15) is 27.6 Å². The molecule has 8 nitrogen and oxygen atoms in total. The summed E-state index contributed by atoms with van der Waals surface area (Å²) in [6.45, 7) is -0.381. The molecule has 0 heterocycles. The van der Waals surface area contributed by atoms with Crippen molar-refractivity contribution in [3.8, 4) is 0 Å². The lowest BCUT2D eigenvalue weighted by molar-refractivity contribution is -0.137. The van der Waals surface area contributed by atoms with Gasteiger partial charge in [-0.1, -0.05) is 24.3 Å². The molecule has 3 atom stereocenters. The Bertz CT molecular complexity index is 1030. The number of benzene rings is 2. The number of nitrogens with two attached hydrogens (primary N) is 1. The van der Waals surface area contributed by atoms with Crippen LogP contribution in [-0.2, 0) is 15.7 Å². The average Bonchev–Trinajstić information content (AvgIpc) is 2.83. The Labute approximate surface area is 200 Å². The Morgan fingerprint density at radius 1 is 1.03 bits per heavy atom. The lowest BCUT2D eigenvalue weighted by atomic mass is 9.82. The Morgan fingerprint density at radius 2 is 1.77 bits per heavy atom. The van der Waals surface area contributed by atoms with E-state index in [4.69, 9.17) is 10.5 Å². The van der Waals surface area contributed by atoms with Gasteiger partial charge in [0.2, 0.25) is 5.91 Å². The van der Waals surface area contributed by atoms with Crippen molar-refractivity contribution in [2.24, 2.45) is 11.7 Å². The van der Waals surface area contributed by atoms with E-state index in [1.165, 1.54) is 6.07 Å². The number of anilines is 1. The minimum atomic E-state index is -4.58. The first kappa shape index (κ1) is 26.0. The Morgan fingerprint density at radius 3 is 2.49 bits per heavy atom. The fraction of sp³-hybridized carbons (Fsp3) is 0.375. The lowest BCUT2D eigenvalue weighted by Gasteiger charge is -2.34. The highest BCUT2D eigenvalue weighted by atomic mass is 19.4. The van der Waals surface area contributed by atoms with Crippen molar-refractivity contribution in [3.05, 3.63) is 65.7 Å². The molecule has 0 aromatic heterocycles. The third kappa shape index (κ3) is 7.99. The summed E-state index contributed by atoms with van der Waals surface area (Å²) in [5, 5.41) is 7.75. The van der Waals surface area contributed by atoms with Gasteiger partial charge >= 0.3 is 12.3 Å². The Kier molecular flexibility index (Phi) is 8.69. The number of rotatable bonds is 7. The van der Waals surface area contributed by atoms with E-state index < -0.39 is 36.2 Å². The Hall–Kier alpha value is -3.60. The summed E-state index contributed by atoms with van der Waals surface area (Å²) in [7, 11) is 0. The van der Waals surface area contributed by atoms with Crippen LogP contribution in [0.4, 0.5) is 23.7 Å². The second-order valence-electron chi connectivity index (χ2n) is 8.36. The molecule has 1 saturated carbocycles. The maximum atomic E-state index is 12.9. The van der Waals surface area contributed by atoms with Crippen molar-refractivity contribution < 1.29 is 32.3 Å². The molecule has 1 aliphatic carbocycles. The highest BCUT2D eigenvalue weighted by Crippen LogP contribution is 2.29. The first-order valence-corrected chi connectivity index (χ1v) is 11.1. The summed E-state index contributed by atoms with van der Waals surface area (Å²) >= 11 is 0. The molecular weight excluding hydrogens is 465 g/mol. The second-order valence-corrected chi connectivity index (χ2v) is 8.36. The molecule has 5 N–H and O–H groups in total. The van der Waals surface area contributed by atoms with E-state index in [0.29, 0.717) is 24.9 Å². The highest BCUT2D eigenvalue weighted by molar-refractivity contribution is 5.96. The second kappa shape index (κ2) is 11.7. The van der Waals surface area contributed by atoms with Crippen LogP contribution in [0, 0.1) is 5.92 Å². The molecule has 0 unspecified atom stereocenters. The number of carbonyl (C=O) groups excluding carboxylic acids is 3. The van der Waals surface area contributed by atoms with Gasteiger partial charge in [0, 0.05) is 29.3 Å². The number of hydrogen-bond acceptors (Lipinski definition) is 5. The number of halogens is 3. The van der Waals surface area contributed by atoms with Crippen molar-refractivity contribution in [3.63, 3.8) is 0 Å². The predicted octanol–water partition coefficient (Wildman–Crippen LogP) is 3.30. The van der Waals surface area contributed by atoms with Gasteiger partial charge in [0.15, 0.2) is 0 Å². The van der Waals surface area contributed by atoms with Gasteiger partial charge in [0.05, 0.1) is 18.7 Å². The summed E-state index contributed by atoms with van der Waals surface area (Å²) < 4.78 is 43.9. The van der Waals surface area contributed by atoms with Crippen LogP contribution < -0.4 is 21.7 Å². The summed E-state index contributed by atoms with van der Waals surface area (Å²) in [5.41, 5.74) is 5.48. The summed E-state index contributed by atoms with van der Waals surface area (Å²) in [5.74, 6) is -1.54. The molecule has 11 heteroatoms. The first-order valence-electron chi connectivity index (χ1n) is 11.1. The zero-order chi connectivity index (χ0) is 25.4. The van der Waals surface area contributed by atoms with Crippen LogP contribution in [0.25, 0.3) is 0 Å². The van der Waals surface area contributed by atoms with Crippen molar-refractivity contribution >= 4 is 23.6 Å². The maximum absolute atomic E-state index is 12.9. The van der Waals surface area contributed by atoms with Crippen LogP contribution in [0.3, 0.4) is 0 Å². The SMILES string of the molecule is N[C@@H]1CC[C@H](NC(=O)CNC(=O)c2cccc(C(F)(F)F)c2)[C@H](COC(=O)Nc2ccccc2)C1. The quantitative estimate of drug-likeness (QED) is 0.473. The molecule has 3 amide bonds. The number of alkyl halides is 3. The van der Waals surface area contributed by atoms with Gasteiger partial charge in [-0.05, 0) is 49.6 Å². The number of hydrogen-bond donors (Lipinski definition) is 4. The molecule has 188 valence electrons. The largest absolute Gasteiger partial charge is 0.449 e. The average molecular weight is 492 g/mol. The molecule has 2 aromatic rings. The van der Waals surface area contributed by atoms with Gasteiger partial charge in [-0.25, -0.2) is 4.79 Å². The number of ether oxygens (including phenoxy) is 1. The lowest BCUT2D eigenvalue weighted by Crippen LogP contribution is -2.50. The minimum Gasteiger partial charge on any atom is -0.449 e. The molecule has 1 aliphatic rings. The topological polar surface area (TPSA) is 123 Å². The zero-order valence-corrected chi connectivity index (χ0v) is 18.8. The predicted molar refractivity (Wildman–Crippen MR) is 122 cm³/mol. The van der Waals surface area contributed by atoms with Crippen LogP contribution in [0.1, 0.15) is 35.2 Å². The monoisotopic (exact) mass is 492 g/mol. The van der Waals surface area contributed by atoms with E-state index >= 15 is 0 Å². The van der Waals surface area contributed by atoms with E-state index in [0.717, 1.165) is 18.2 Å². The fourth-order valence-electron chi connectivity index (χ4n) is 3.89. The van der Waals surface area contributed by atoms with Crippen molar-refractivity contribution in [1.82, 2.24) is 10.6 Å². The molecule has 3 rings (SSSR count). The minimum absolute atomic E-state index is 0.0356. The molecule has 0 spiro atoms. The number of para-hydroxylation sites is 1. The molecule has 35 heavy (non-hydrogen) atoms. The number of carbonyl (C=O) groups is 3. The van der Waals surface area contributed by atoms with Crippen LogP contribution >= 0.6 is 0 Å². The fourth-order valence-corrected chi connectivity index (χ4v) is 3.89. The Balaban J connectivity index is 1.50. The smallest absolute Gasteiger partial charge is 0.416 e. The first-order chi connectivity index (χ1) is 16.6. The standard InChI is InChI=1S/C24H27F3N4O4/c25-24(26,27)17-6-4-5-15(11-17)22(33)29-13-21(32)31-20-10-9-18(28)12-16(20)14-35-23(34)30-19-7-2-1-3-8-19/h1-8,11,16,18,20H,9-10,12-14,28H2,(H,29,33)(H,30,34)(H,31,32)/t16-,18+,20-/m0/s1. The summed E-state index contributed by atoms with van der Waals surface area (Å²) in [6.07, 6.45) is -3.46. The zero-order valence-electron chi connectivity index (χ0n) is 18.8. The molecular formula is C24H27F3N4O4. The van der Waals surface area contributed by atoms with E-state index in [-0.39, 0.29) is 30.2 Å². The van der Waals surface area contributed by atoms with Crippen LogP contribution in [0.15, 0.2) is 54.6 Å². The third-order valence-electron chi connectivity index (χ3n) is 5.68. The van der Waals surface area contributed by atoms with Crippen molar-refractivity contribution in [2.45, 2.75) is 37.5 Å². The maximum Gasteiger partial charge on any atom is 0.416 e. The van der Waals surface area contributed by atoms with E-state index in [1.807, 2.05) is 6.07 Å². The molecule has 0 bridgehead atoms.